The predicted molar refractivity (Wildman–Crippen MR) is 80.2 cm³/mol. The van der Waals surface area contributed by atoms with Gasteiger partial charge in [-0.2, -0.15) is 0 Å². The van der Waals surface area contributed by atoms with E-state index in [4.69, 9.17) is 16.3 Å². The molecule has 0 unspecified atom stereocenters. The van der Waals surface area contributed by atoms with E-state index in [2.05, 4.69) is 5.32 Å². The molecule has 0 aliphatic heterocycles. The van der Waals surface area contributed by atoms with Crippen molar-refractivity contribution < 1.29 is 4.74 Å². The van der Waals surface area contributed by atoms with Crippen molar-refractivity contribution in [1.29, 1.82) is 0 Å². The highest BCUT2D eigenvalue weighted by molar-refractivity contribution is 6.32. The minimum absolute atomic E-state index is 0.597. The molecule has 2 rings (SSSR count). The lowest BCUT2D eigenvalue weighted by atomic mass is 10.1. The molecule has 0 bridgehead atoms. The van der Waals surface area contributed by atoms with Crippen molar-refractivity contribution >= 4 is 17.4 Å². The number of para-hydroxylation sites is 1. The number of rotatable bonds is 4. The summed E-state index contributed by atoms with van der Waals surface area (Å²) in [6.07, 6.45) is 0. The number of hydrogen-bond donors (Lipinski definition) is 1. The molecule has 98 valence electrons. The van der Waals surface area contributed by atoms with Crippen LogP contribution in [0, 0.1) is 0 Å². The van der Waals surface area contributed by atoms with E-state index < -0.39 is 0 Å². The fourth-order valence-corrected chi connectivity index (χ4v) is 1.87. The van der Waals surface area contributed by atoms with Gasteiger partial charge >= 0.3 is 0 Å². The van der Waals surface area contributed by atoms with E-state index in [0.29, 0.717) is 10.8 Å². The molecule has 0 aliphatic rings. The van der Waals surface area contributed by atoms with Crippen LogP contribution in [-0.4, -0.2) is 7.05 Å². The zero-order valence-electron chi connectivity index (χ0n) is 11.0. The second-order valence-electron chi connectivity index (χ2n) is 4.10. The Labute approximate surface area is 118 Å². The monoisotopic (exact) mass is 273 g/mol. The van der Waals surface area contributed by atoms with Gasteiger partial charge in [-0.1, -0.05) is 54.1 Å². The molecule has 2 aromatic carbocycles. The highest BCUT2D eigenvalue weighted by Crippen LogP contribution is 2.29. The largest absolute Gasteiger partial charge is 0.453 e. The lowest BCUT2D eigenvalue weighted by Gasteiger charge is -2.15. The van der Waals surface area contributed by atoms with Gasteiger partial charge in [0.05, 0.1) is 10.7 Å². The van der Waals surface area contributed by atoms with Gasteiger partial charge in [0.1, 0.15) is 5.75 Å². The number of halogens is 1. The molecule has 0 saturated heterocycles. The zero-order valence-corrected chi connectivity index (χ0v) is 11.7. The standard InChI is InChI=1S/C16H16ClNO/c1-12(18-2)16(13-8-4-3-5-9-13)19-15-11-7-6-10-14(15)17/h3-11,18H,1-2H3. The van der Waals surface area contributed by atoms with Gasteiger partial charge in [0.25, 0.3) is 0 Å². The van der Waals surface area contributed by atoms with Gasteiger partial charge in [-0.3, -0.25) is 0 Å². The van der Waals surface area contributed by atoms with Gasteiger partial charge in [-0.05, 0) is 19.1 Å². The molecule has 2 nitrogen and oxygen atoms in total. The summed E-state index contributed by atoms with van der Waals surface area (Å²) in [6.45, 7) is 1.97. The van der Waals surface area contributed by atoms with Crippen LogP contribution in [0.5, 0.6) is 5.75 Å². The Morgan fingerprint density at radius 1 is 1.00 bits per heavy atom. The number of benzene rings is 2. The number of allylic oxidation sites excluding steroid dienone is 1. The average molecular weight is 274 g/mol. The maximum atomic E-state index is 6.14. The number of ether oxygens (including phenoxy) is 1. The van der Waals surface area contributed by atoms with E-state index >= 15 is 0 Å². The first-order valence-electron chi connectivity index (χ1n) is 6.09. The third kappa shape index (κ3) is 3.30. The van der Waals surface area contributed by atoms with Gasteiger partial charge in [0, 0.05) is 12.6 Å². The maximum Gasteiger partial charge on any atom is 0.153 e. The molecule has 0 atom stereocenters. The Hall–Kier alpha value is -1.93. The van der Waals surface area contributed by atoms with Gasteiger partial charge < -0.3 is 10.1 Å². The predicted octanol–water partition coefficient (Wildman–Crippen LogP) is 4.33. The van der Waals surface area contributed by atoms with Crippen LogP contribution in [0.4, 0.5) is 0 Å². The van der Waals surface area contributed by atoms with Crippen molar-refractivity contribution in [2.24, 2.45) is 0 Å². The van der Waals surface area contributed by atoms with E-state index in [1.807, 2.05) is 68.6 Å². The Balaban J connectivity index is 2.39. The minimum atomic E-state index is 0.597. The third-order valence-electron chi connectivity index (χ3n) is 2.80. The minimum Gasteiger partial charge on any atom is -0.453 e. The summed E-state index contributed by atoms with van der Waals surface area (Å²) in [6, 6.07) is 17.4. The highest BCUT2D eigenvalue weighted by atomic mass is 35.5. The van der Waals surface area contributed by atoms with Crippen molar-refractivity contribution in [3.05, 3.63) is 70.9 Å². The van der Waals surface area contributed by atoms with E-state index in [0.717, 1.165) is 17.0 Å². The highest BCUT2D eigenvalue weighted by Gasteiger charge is 2.10. The molecular weight excluding hydrogens is 258 g/mol. The molecule has 0 radical (unpaired) electrons. The summed E-state index contributed by atoms with van der Waals surface area (Å²) in [4.78, 5) is 0. The third-order valence-corrected chi connectivity index (χ3v) is 3.11. The average Bonchev–Trinajstić information content (AvgIpc) is 2.46. The molecule has 1 N–H and O–H groups in total. The summed E-state index contributed by atoms with van der Waals surface area (Å²) >= 11 is 6.14. The molecule has 0 aliphatic carbocycles. The van der Waals surface area contributed by atoms with Crippen molar-refractivity contribution in [2.45, 2.75) is 6.92 Å². The number of hydrogen-bond acceptors (Lipinski definition) is 2. The van der Waals surface area contributed by atoms with Crippen LogP contribution in [0.2, 0.25) is 5.02 Å². The Morgan fingerprint density at radius 3 is 2.26 bits per heavy atom. The van der Waals surface area contributed by atoms with Crippen molar-refractivity contribution in [2.75, 3.05) is 7.05 Å². The lowest BCUT2D eigenvalue weighted by Crippen LogP contribution is -2.09. The van der Waals surface area contributed by atoms with Gasteiger partial charge in [0.15, 0.2) is 5.76 Å². The Bertz CT molecular complexity index is 578. The Morgan fingerprint density at radius 2 is 1.63 bits per heavy atom. The normalized spacial score (nSPS) is 11.7. The molecule has 0 fully saturated rings. The quantitative estimate of drug-likeness (QED) is 0.838. The van der Waals surface area contributed by atoms with Crippen LogP contribution in [0.3, 0.4) is 0 Å². The first-order valence-corrected chi connectivity index (χ1v) is 6.46. The molecule has 3 heteroatoms. The summed E-state index contributed by atoms with van der Waals surface area (Å²) < 4.78 is 5.97. The van der Waals surface area contributed by atoms with Crippen molar-refractivity contribution in [1.82, 2.24) is 5.32 Å². The summed E-state index contributed by atoms with van der Waals surface area (Å²) in [5.41, 5.74) is 1.96. The maximum absolute atomic E-state index is 6.14. The number of nitrogens with one attached hydrogen (secondary N) is 1. The van der Waals surface area contributed by atoms with E-state index in [1.165, 1.54) is 0 Å². The SMILES string of the molecule is CNC(C)=C(Oc1ccccc1Cl)c1ccccc1. The summed E-state index contributed by atoms with van der Waals surface area (Å²) in [7, 11) is 1.87. The van der Waals surface area contributed by atoms with E-state index in [1.54, 1.807) is 0 Å². The topological polar surface area (TPSA) is 21.3 Å². The second-order valence-corrected chi connectivity index (χ2v) is 4.51. The van der Waals surface area contributed by atoms with Gasteiger partial charge in [-0.15, -0.1) is 0 Å². The van der Waals surface area contributed by atoms with Crippen LogP contribution in [0.1, 0.15) is 12.5 Å². The molecule has 0 saturated carbocycles. The Kier molecular flexibility index (Phi) is 4.48. The molecule has 0 aromatic heterocycles. The first kappa shape index (κ1) is 13.5. The fourth-order valence-electron chi connectivity index (χ4n) is 1.69. The van der Waals surface area contributed by atoms with Crippen LogP contribution >= 0.6 is 11.6 Å². The van der Waals surface area contributed by atoms with Crippen LogP contribution in [0.25, 0.3) is 5.76 Å². The van der Waals surface area contributed by atoms with Crippen molar-refractivity contribution in [3.8, 4) is 5.75 Å². The molecule has 19 heavy (non-hydrogen) atoms. The molecule has 2 aromatic rings. The molecular formula is C16H16ClNO. The van der Waals surface area contributed by atoms with Crippen molar-refractivity contribution in [3.63, 3.8) is 0 Å². The molecule has 0 amide bonds. The van der Waals surface area contributed by atoms with Crippen LogP contribution < -0.4 is 10.1 Å². The van der Waals surface area contributed by atoms with Crippen LogP contribution in [-0.2, 0) is 0 Å². The van der Waals surface area contributed by atoms with E-state index in [-0.39, 0.29) is 0 Å². The van der Waals surface area contributed by atoms with Gasteiger partial charge in [-0.25, -0.2) is 0 Å². The first-order chi connectivity index (χ1) is 9.22. The lowest BCUT2D eigenvalue weighted by molar-refractivity contribution is 0.507. The molecule has 0 heterocycles. The second kappa shape index (κ2) is 6.30. The summed E-state index contributed by atoms with van der Waals surface area (Å²) in [5, 5.41) is 3.71. The van der Waals surface area contributed by atoms with Crippen LogP contribution in [0.15, 0.2) is 60.3 Å². The fraction of sp³-hybridized carbons (Fsp3) is 0.125. The summed E-state index contributed by atoms with van der Waals surface area (Å²) in [5.74, 6) is 1.42. The van der Waals surface area contributed by atoms with E-state index in [9.17, 15) is 0 Å². The van der Waals surface area contributed by atoms with Gasteiger partial charge in [0.2, 0.25) is 0 Å². The smallest absolute Gasteiger partial charge is 0.153 e. The molecule has 0 spiro atoms. The zero-order chi connectivity index (χ0) is 13.7.